The van der Waals surface area contributed by atoms with E-state index in [0.29, 0.717) is 23.8 Å². The summed E-state index contributed by atoms with van der Waals surface area (Å²) in [6, 6.07) is 5.83. The maximum absolute atomic E-state index is 11.1. The number of rotatable bonds is 2. The molecule has 4 rings (SSSR count). The van der Waals surface area contributed by atoms with E-state index in [9.17, 15) is 9.90 Å². The molecule has 0 saturated carbocycles. The second kappa shape index (κ2) is 5.31. The number of carboxylic acid groups (broad SMARTS) is 1. The minimum absolute atomic E-state index is 0.277. The number of hydrogen-bond donors (Lipinski definition) is 1. The lowest BCUT2D eigenvalue weighted by Crippen LogP contribution is -2.42. The molecule has 2 aliphatic carbocycles. The highest BCUT2D eigenvalue weighted by Crippen LogP contribution is 2.47. The molecule has 0 spiro atoms. The van der Waals surface area contributed by atoms with Crippen LogP contribution in [0.1, 0.15) is 47.5 Å². The molecule has 3 nitrogen and oxygen atoms in total. The number of carboxylic acids is 1. The van der Waals surface area contributed by atoms with Crippen LogP contribution < -0.4 is 10.4 Å². The zero-order chi connectivity index (χ0) is 15.1. The van der Waals surface area contributed by atoms with Crippen molar-refractivity contribution in [2.45, 2.75) is 37.6 Å². The Labute approximate surface area is 130 Å². The summed E-state index contributed by atoms with van der Waals surface area (Å²) in [6.07, 6.45) is 13.7. The van der Waals surface area contributed by atoms with Crippen LogP contribution in [-0.2, 0) is 0 Å². The highest BCUT2D eigenvalue weighted by Gasteiger charge is 2.40. The molecule has 114 valence electrons. The molecule has 0 bridgehead atoms. The van der Waals surface area contributed by atoms with Crippen LogP contribution in [0.5, 0.6) is 0 Å². The van der Waals surface area contributed by atoms with Crippen molar-refractivity contribution in [1.29, 1.82) is 0 Å². The van der Waals surface area contributed by atoms with E-state index in [1.807, 2.05) is 6.07 Å². The van der Waals surface area contributed by atoms with Crippen LogP contribution in [0.3, 0.4) is 0 Å². The Morgan fingerprint density at radius 3 is 2.86 bits per heavy atom. The Bertz CT molecular complexity index is 661. The third-order valence-corrected chi connectivity index (χ3v) is 5.46. The van der Waals surface area contributed by atoms with Crippen LogP contribution >= 0.6 is 0 Å². The molecular formula is C19H20NO2-. The number of fused-ring (bicyclic) bond motifs is 3. The van der Waals surface area contributed by atoms with Gasteiger partial charge >= 0.3 is 0 Å². The van der Waals surface area contributed by atoms with Crippen LogP contribution in [0.25, 0.3) is 0 Å². The summed E-state index contributed by atoms with van der Waals surface area (Å²) >= 11 is 0. The lowest BCUT2D eigenvalue weighted by Gasteiger charge is -2.42. The fourth-order valence-electron chi connectivity index (χ4n) is 4.37. The van der Waals surface area contributed by atoms with Gasteiger partial charge in [0.15, 0.2) is 0 Å². The van der Waals surface area contributed by atoms with Gasteiger partial charge < -0.3 is 15.2 Å². The van der Waals surface area contributed by atoms with Gasteiger partial charge in [-0.1, -0.05) is 30.4 Å². The molecule has 0 amide bonds. The topological polar surface area (TPSA) is 52.2 Å². The van der Waals surface area contributed by atoms with E-state index in [-0.39, 0.29) is 5.56 Å². The van der Waals surface area contributed by atoms with Crippen molar-refractivity contribution in [3.8, 4) is 0 Å². The third-order valence-electron chi connectivity index (χ3n) is 5.46. The van der Waals surface area contributed by atoms with Crippen molar-refractivity contribution in [2.75, 3.05) is 5.32 Å². The van der Waals surface area contributed by atoms with Crippen molar-refractivity contribution in [3.05, 3.63) is 53.6 Å². The Morgan fingerprint density at radius 1 is 1.18 bits per heavy atom. The van der Waals surface area contributed by atoms with Gasteiger partial charge in [0.05, 0.1) is 5.97 Å². The van der Waals surface area contributed by atoms with Crippen molar-refractivity contribution < 1.29 is 9.90 Å². The second-order valence-corrected chi connectivity index (χ2v) is 6.66. The fraction of sp³-hybridized carbons (Fsp3) is 0.421. The number of aromatic carboxylic acids is 1. The number of nitrogens with one attached hydrogen (secondary N) is 1. The highest BCUT2D eigenvalue weighted by atomic mass is 16.4. The minimum atomic E-state index is -1.10. The van der Waals surface area contributed by atoms with Gasteiger partial charge in [0.2, 0.25) is 0 Å². The number of anilines is 1. The molecule has 1 N–H and O–H groups in total. The van der Waals surface area contributed by atoms with Crippen LogP contribution in [0.2, 0.25) is 0 Å². The first-order chi connectivity index (χ1) is 10.7. The number of carbonyl (C=O) groups is 1. The van der Waals surface area contributed by atoms with Gasteiger partial charge in [-0.15, -0.1) is 0 Å². The highest BCUT2D eigenvalue weighted by molar-refractivity contribution is 5.87. The molecular weight excluding hydrogens is 274 g/mol. The number of benzene rings is 1. The number of hydrogen-bond acceptors (Lipinski definition) is 3. The van der Waals surface area contributed by atoms with E-state index in [1.54, 1.807) is 12.1 Å². The van der Waals surface area contributed by atoms with Crippen LogP contribution in [0.15, 0.2) is 42.5 Å². The molecule has 1 aliphatic heterocycles. The van der Waals surface area contributed by atoms with Gasteiger partial charge in [0.1, 0.15) is 0 Å². The smallest absolute Gasteiger partial charge is 0.0715 e. The van der Waals surface area contributed by atoms with Gasteiger partial charge in [0, 0.05) is 17.6 Å². The normalized spacial score (nSPS) is 32.2. The van der Waals surface area contributed by atoms with Gasteiger partial charge in [0.25, 0.3) is 0 Å². The average molecular weight is 294 g/mol. The first-order valence-electron chi connectivity index (χ1n) is 8.17. The molecule has 0 aromatic heterocycles. The van der Waals surface area contributed by atoms with Crippen LogP contribution in [-0.4, -0.2) is 12.0 Å². The Balaban J connectivity index is 1.70. The van der Waals surface area contributed by atoms with Crippen molar-refractivity contribution in [1.82, 2.24) is 0 Å². The van der Waals surface area contributed by atoms with E-state index < -0.39 is 5.97 Å². The zero-order valence-corrected chi connectivity index (χ0v) is 12.5. The van der Waals surface area contributed by atoms with Gasteiger partial charge in [-0.2, -0.15) is 0 Å². The summed E-state index contributed by atoms with van der Waals surface area (Å²) < 4.78 is 0. The maximum Gasteiger partial charge on any atom is 0.0715 e. The summed E-state index contributed by atoms with van der Waals surface area (Å²) in [4.78, 5) is 11.1. The Hall–Kier alpha value is -2.03. The molecule has 3 heteroatoms. The molecule has 0 radical (unpaired) electrons. The maximum atomic E-state index is 11.1. The second-order valence-electron chi connectivity index (χ2n) is 6.66. The van der Waals surface area contributed by atoms with Gasteiger partial charge in [-0.05, 0) is 60.8 Å². The lowest BCUT2D eigenvalue weighted by atomic mass is 9.72. The summed E-state index contributed by atoms with van der Waals surface area (Å²) in [5, 5.41) is 14.9. The minimum Gasteiger partial charge on any atom is -0.545 e. The average Bonchev–Trinajstić information content (AvgIpc) is 3.04. The molecule has 0 fully saturated rings. The Morgan fingerprint density at radius 2 is 2.09 bits per heavy atom. The van der Waals surface area contributed by atoms with Crippen molar-refractivity contribution in [3.63, 3.8) is 0 Å². The molecule has 0 saturated heterocycles. The number of carbonyl (C=O) groups excluding carboxylic acids is 1. The predicted molar refractivity (Wildman–Crippen MR) is 84.7 cm³/mol. The molecule has 1 aromatic carbocycles. The van der Waals surface area contributed by atoms with Crippen molar-refractivity contribution >= 4 is 11.7 Å². The quantitative estimate of drug-likeness (QED) is 0.853. The van der Waals surface area contributed by atoms with Crippen LogP contribution in [0.4, 0.5) is 5.69 Å². The Kier molecular flexibility index (Phi) is 3.29. The first kappa shape index (κ1) is 13.6. The predicted octanol–water partition coefficient (Wildman–Crippen LogP) is 2.86. The summed E-state index contributed by atoms with van der Waals surface area (Å²) in [5.41, 5.74) is 2.49. The first-order valence-corrected chi connectivity index (χ1v) is 8.17. The summed E-state index contributed by atoms with van der Waals surface area (Å²) in [5.74, 6) is 0.458. The third kappa shape index (κ3) is 2.16. The van der Waals surface area contributed by atoms with E-state index in [0.717, 1.165) is 24.1 Å². The SMILES string of the molecule is O=C([O-])c1ccc2c(c1)[C@H]1C=CC[C@@H]1[C@H]([C@H]1CC=CCC1)N2. The van der Waals surface area contributed by atoms with E-state index in [2.05, 4.69) is 29.6 Å². The fourth-order valence-corrected chi connectivity index (χ4v) is 4.37. The van der Waals surface area contributed by atoms with Crippen LogP contribution in [0, 0.1) is 11.8 Å². The monoisotopic (exact) mass is 294 g/mol. The molecule has 4 atom stereocenters. The number of allylic oxidation sites excluding steroid dienone is 4. The van der Waals surface area contributed by atoms with E-state index in [1.165, 1.54) is 12.8 Å². The standard InChI is InChI=1S/C19H21NO2/c21-19(22)13-9-10-17-16(11-13)14-7-4-8-15(14)18(20-17)12-5-2-1-3-6-12/h1-2,4,7,9-12,14-15,18,20H,3,5-6,8H2,(H,21,22)/p-1/t12-,14-,15-,18-/m0/s1. The summed E-state index contributed by atoms with van der Waals surface area (Å²) in [7, 11) is 0. The molecule has 3 aliphatic rings. The van der Waals surface area contributed by atoms with Crippen molar-refractivity contribution in [2.24, 2.45) is 11.8 Å². The lowest BCUT2D eigenvalue weighted by molar-refractivity contribution is -0.255. The largest absolute Gasteiger partial charge is 0.545 e. The molecule has 1 aromatic rings. The molecule has 1 heterocycles. The van der Waals surface area contributed by atoms with E-state index >= 15 is 0 Å². The van der Waals surface area contributed by atoms with Gasteiger partial charge in [-0.3, -0.25) is 0 Å². The van der Waals surface area contributed by atoms with Gasteiger partial charge in [-0.25, -0.2) is 0 Å². The zero-order valence-electron chi connectivity index (χ0n) is 12.5. The summed E-state index contributed by atoms with van der Waals surface area (Å²) in [6.45, 7) is 0. The molecule has 0 unspecified atom stereocenters. The molecule has 22 heavy (non-hydrogen) atoms. The van der Waals surface area contributed by atoms with E-state index in [4.69, 9.17) is 0 Å².